The topological polar surface area (TPSA) is 115 Å². The average Bonchev–Trinajstić information content (AvgIpc) is 3.36. The molecule has 0 radical (unpaired) electrons. The first-order chi connectivity index (χ1) is 19.7. The Hall–Kier alpha value is -3.67. The van der Waals surface area contributed by atoms with Gasteiger partial charge in [0.1, 0.15) is 11.1 Å². The fraction of sp³-hybridized carbons (Fsp3) is 0.207. The molecular formula is C29H27BrClN5O4S. The number of ether oxygens (including phenoxy) is 1. The van der Waals surface area contributed by atoms with E-state index in [9.17, 15) is 13.2 Å². The number of aromatic nitrogens is 3. The minimum atomic E-state index is -3.64. The molecule has 1 aliphatic carbocycles. The Balaban J connectivity index is 1.24. The number of fused-ring (bicyclic) bond motifs is 1. The van der Waals surface area contributed by atoms with Crippen LogP contribution in [0, 0.1) is 0 Å². The number of halogens is 2. The first-order valence-corrected chi connectivity index (χ1v) is 15.5. The zero-order chi connectivity index (χ0) is 29.0. The van der Waals surface area contributed by atoms with E-state index in [0.29, 0.717) is 41.4 Å². The highest BCUT2D eigenvalue weighted by molar-refractivity contribution is 9.10. The zero-order valence-electron chi connectivity index (χ0n) is 22.1. The minimum absolute atomic E-state index is 0.262. The molecule has 1 aliphatic rings. The molecule has 212 valence electrons. The molecule has 12 heteroatoms. The van der Waals surface area contributed by atoms with E-state index in [-0.39, 0.29) is 12.4 Å². The number of anilines is 2. The summed E-state index contributed by atoms with van der Waals surface area (Å²) < 4.78 is 35.7. The predicted molar refractivity (Wildman–Crippen MR) is 164 cm³/mol. The van der Waals surface area contributed by atoms with Crippen molar-refractivity contribution in [2.24, 2.45) is 0 Å². The number of carbonyl (C=O) groups excluding carboxylic acids is 1. The number of nitrogens with one attached hydrogen (secondary N) is 2. The number of methoxy groups -OCH3 is 1. The van der Waals surface area contributed by atoms with Gasteiger partial charge in [-0.15, -0.1) is 0 Å². The van der Waals surface area contributed by atoms with Crippen LogP contribution in [0.25, 0.3) is 16.9 Å². The molecule has 9 nitrogen and oxygen atoms in total. The van der Waals surface area contributed by atoms with Crippen LogP contribution in [-0.2, 0) is 26.1 Å². The molecule has 2 aromatic heterocycles. The Kier molecular flexibility index (Phi) is 8.77. The SMILES string of the molecule is COC(=O)CCC1=CCC(S(=O)(=O)Nc2ccc(CNc3cc(-c4ccccc4Cl)nc4c(Br)cnn34)cc2)C=C1. The number of rotatable bonds is 10. The van der Waals surface area contributed by atoms with Crippen LogP contribution in [0.4, 0.5) is 11.5 Å². The first-order valence-electron chi connectivity index (χ1n) is 12.8. The summed E-state index contributed by atoms with van der Waals surface area (Å²) >= 11 is 9.94. The molecule has 4 aromatic rings. The van der Waals surface area contributed by atoms with Crippen LogP contribution in [0.5, 0.6) is 0 Å². The molecule has 0 spiro atoms. The highest BCUT2D eigenvalue weighted by Gasteiger charge is 2.24. The third kappa shape index (κ3) is 6.80. The quantitative estimate of drug-likeness (QED) is 0.191. The minimum Gasteiger partial charge on any atom is -0.469 e. The molecule has 1 unspecified atom stereocenters. The smallest absolute Gasteiger partial charge is 0.305 e. The third-order valence-electron chi connectivity index (χ3n) is 6.65. The lowest BCUT2D eigenvalue weighted by Crippen LogP contribution is -2.27. The Bertz CT molecular complexity index is 1750. The fourth-order valence-corrected chi connectivity index (χ4v) is 6.23. The van der Waals surface area contributed by atoms with Gasteiger partial charge in [0.15, 0.2) is 5.65 Å². The first kappa shape index (κ1) is 28.8. The van der Waals surface area contributed by atoms with E-state index in [4.69, 9.17) is 16.6 Å². The summed E-state index contributed by atoms with van der Waals surface area (Å²) in [4.78, 5) is 16.1. The van der Waals surface area contributed by atoms with Gasteiger partial charge in [0, 0.05) is 35.3 Å². The second-order valence-corrected chi connectivity index (χ2v) is 12.6. The molecule has 2 aromatic carbocycles. The Morgan fingerprint density at radius 2 is 1.98 bits per heavy atom. The van der Waals surface area contributed by atoms with E-state index in [1.54, 1.807) is 35.0 Å². The maximum Gasteiger partial charge on any atom is 0.305 e. The largest absolute Gasteiger partial charge is 0.469 e. The van der Waals surface area contributed by atoms with Crippen LogP contribution < -0.4 is 10.0 Å². The van der Waals surface area contributed by atoms with Crippen LogP contribution in [0.2, 0.25) is 5.02 Å². The summed E-state index contributed by atoms with van der Waals surface area (Å²) in [5.74, 6) is 0.434. The van der Waals surface area contributed by atoms with Crippen molar-refractivity contribution < 1.29 is 17.9 Å². The number of carbonyl (C=O) groups is 1. The second kappa shape index (κ2) is 12.5. The summed E-state index contributed by atoms with van der Waals surface area (Å²) in [6.45, 7) is 0.468. The second-order valence-electron chi connectivity index (χ2n) is 9.42. The molecule has 1 atom stereocenters. The lowest BCUT2D eigenvalue weighted by Gasteiger charge is -2.18. The molecule has 2 heterocycles. The Labute approximate surface area is 251 Å². The Morgan fingerprint density at radius 1 is 1.20 bits per heavy atom. The lowest BCUT2D eigenvalue weighted by atomic mass is 10.0. The van der Waals surface area contributed by atoms with Gasteiger partial charge >= 0.3 is 5.97 Å². The molecule has 0 saturated heterocycles. The average molecular weight is 657 g/mol. The molecule has 0 fully saturated rings. The standard InChI is InChI=1S/C29H27BrClN5O4S/c1-40-28(37)15-10-19-8-13-22(14-9-19)41(38,39)35-21-11-6-20(7-12-21)17-32-27-16-26(23-4-2-3-5-25(23)31)34-29-24(30)18-33-36(27)29/h2-9,11-13,16,18,22,32,35H,10,14-15,17H2,1H3. The molecule has 0 saturated carbocycles. The molecule has 0 aliphatic heterocycles. The van der Waals surface area contributed by atoms with Crippen molar-refractivity contribution in [1.82, 2.24) is 14.6 Å². The summed E-state index contributed by atoms with van der Waals surface area (Å²) in [6.07, 6.45) is 8.08. The van der Waals surface area contributed by atoms with Gasteiger partial charge in [0.2, 0.25) is 10.0 Å². The zero-order valence-corrected chi connectivity index (χ0v) is 25.2. The predicted octanol–water partition coefficient (Wildman–Crippen LogP) is 6.37. The van der Waals surface area contributed by atoms with Crippen molar-refractivity contribution in [2.45, 2.75) is 31.1 Å². The van der Waals surface area contributed by atoms with E-state index in [1.165, 1.54) is 7.11 Å². The summed E-state index contributed by atoms with van der Waals surface area (Å²) in [5.41, 5.74) is 4.51. The molecule has 0 amide bonds. The lowest BCUT2D eigenvalue weighted by molar-refractivity contribution is -0.140. The maximum atomic E-state index is 13.0. The summed E-state index contributed by atoms with van der Waals surface area (Å²) in [5, 5.41) is 7.73. The van der Waals surface area contributed by atoms with Crippen molar-refractivity contribution >= 4 is 60.7 Å². The van der Waals surface area contributed by atoms with Gasteiger partial charge in [-0.25, -0.2) is 13.4 Å². The van der Waals surface area contributed by atoms with Crippen LogP contribution in [0.3, 0.4) is 0 Å². The monoisotopic (exact) mass is 655 g/mol. The van der Waals surface area contributed by atoms with Crippen molar-refractivity contribution in [1.29, 1.82) is 0 Å². The normalized spacial score (nSPS) is 15.0. The van der Waals surface area contributed by atoms with E-state index >= 15 is 0 Å². The van der Waals surface area contributed by atoms with Crippen molar-refractivity contribution in [3.8, 4) is 11.3 Å². The number of benzene rings is 2. The van der Waals surface area contributed by atoms with Gasteiger partial charge in [-0.05, 0) is 52.5 Å². The third-order valence-corrected chi connectivity index (χ3v) is 9.20. The highest BCUT2D eigenvalue weighted by atomic mass is 79.9. The number of hydrogen-bond donors (Lipinski definition) is 2. The fourth-order valence-electron chi connectivity index (χ4n) is 4.40. The van der Waals surface area contributed by atoms with E-state index in [0.717, 1.165) is 27.0 Å². The number of nitrogens with zero attached hydrogens (tertiary/aromatic N) is 3. The van der Waals surface area contributed by atoms with Crippen molar-refractivity contribution in [2.75, 3.05) is 17.1 Å². The van der Waals surface area contributed by atoms with Crippen molar-refractivity contribution in [3.05, 3.63) is 99.7 Å². The Morgan fingerprint density at radius 3 is 2.68 bits per heavy atom. The molecule has 41 heavy (non-hydrogen) atoms. The number of hydrogen-bond acceptors (Lipinski definition) is 7. The van der Waals surface area contributed by atoms with Gasteiger partial charge in [-0.2, -0.15) is 9.61 Å². The number of allylic oxidation sites excluding steroid dienone is 3. The maximum absolute atomic E-state index is 13.0. The van der Waals surface area contributed by atoms with E-state index in [2.05, 4.69) is 35.8 Å². The van der Waals surface area contributed by atoms with Gasteiger partial charge < -0.3 is 10.1 Å². The highest BCUT2D eigenvalue weighted by Crippen LogP contribution is 2.30. The van der Waals surface area contributed by atoms with Crippen LogP contribution in [0.1, 0.15) is 24.8 Å². The number of sulfonamides is 1. The van der Waals surface area contributed by atoms with Crippen LogP contribution >= 0.6 is 27.5 Å². The van der Waals surface area contributed by atoms with Crippen LogP contribution in [-0.4, -0.2) is 41.3 Å². The van der Waals surface area contributed by atoms with Gasteiger partial charge in [0.05, 0.1) is 23.5 Å². The van der Waals surface area contributed by atoms with E-state index < -0.39 is 15.3 Å². The van der Waals surface area contributed by atoms with Crippen molar-refractivity contribution in [3.63, 3.8) is 0 Å². The van der Waals surface area contributed by atoms with E-state index in [1.807, 2.05) is 48.5 Å². The van der Waals surface area contributed by atoms with Gasteiger partial charge in [-0.3, -0.25) is 9.52 Å². The van der Waals surface area contributed by atoms with Crippen LogP contribution in [0.15, 0.2) is 89.1 Å². The number of esters is 1. The summed E-state index contributed by atoms with van der Waals surface area (Å²) in [7, 11) is -2.29. The van der Waals surface area contributed by atoms with Gasteiger partial charge in [0.25, 0.3) is 0 Å². The summed E-state index contributed by atoms with van der Waals surface area (Å²) in [6, 6.07) is 16.6. The molecule has 5 rings (SSSR count). The molecule has 2 N–H and O–H groups in total. The molecule has 0 bridgehead atoms. The molecular weight excluding hydrogens is 630 g/mol. The van der Waals surface area contributed by atoms with Gasteiger partial charge in [-0.1, -0.05) is 65.7 Å².